The molecule has 6 heteroatoms. The van der Waals surface area contributed by atoms with Gasteiger partial charge in [0.25, 0.3) is 5.56 Å². The lowest BCUT2D eigenvalue weighted by Crippen LogP contribution is -2.39. The fraction of sp³-hybridized carbons (Fsp3) is 0.429. The molecule has 2 unspecified atom stereocenters. The third-order valence-electron chi connectivity index (χ3n) is 5.53. The number of nitrogens with one attached hydrogen (secondary N) is 2. The summed E-state index contributed by atoms with van der Waals surface area (Å²) in [4.78, 5) is 25.1. The highest BCUT2D eigenvalue weighted by atomic mass is 35.5. The molecule has 0 spiro atoms. The average Bonchev–Trinajstić information content (AvgIpc) is 2.98. The van der Waals surface area contributed by atoms with E-state index < -0.39 is 0 Å². The zero-order valence-electron chi connectivity index (χ0n) is 15.3. The smallest absolute Gasteiger partial charge is 0.274 e. The highest BCUT2D eigenvalue weighted by Gasteiger charge is 2.34. The SMILES string of the molecule is Cl.O=C(CC1CC2CCC(C1)N2)Nc1cccn(Cc2ccccc2)c1=O. The first-order valence-corrected chi connectivity index (χ1v) is 9.46. The third kappa shape index (κ3) is 4.79. The number of hydrogen-bond donors (Lipinski definition) is 2. The van der Waals surface area contributed by atoms with Gasteiger partial charge in [-0.15, -0.1) is 12.4 Å². The number of piperidine rings is 1. The topological polar surface area (TPSA) is 63.1 Å². The summed E-state index contributed by atoms with van der Waals surface area (Å²) in [5.74, 6) is 0.370. The molecule has 144 valence electrons. The fourth-order valence-electron chi connectivity index (χ4n) is 4.34. The molecule has 27 heavy (non-hydrogen) atoms. The number of hydrogen-bond acceptors (Lipinski definition) is 3. The molecule has 4 rings (SSSR count). The van der Waals surface area contributed by atoms with Gasteiger partial charge in [-0.2, -0.15) is 0 Å². The van der Waals surface area contributed by atoms with Gasteiger partial charge in [0.15, 0.2) is 0 Å². The molecule has 2 bridgehead atoms. The molecule has 2 atom stereocenters. The Morgan fingerprint density at radius 2 is 1.78 bits per heavy atom. The fourth-order valence-corrected chi connectivity index (χ4v) is 4.34. The number of carbonyl (C=O) groups is 1. The monoisotopic (exact) mass is 387 g/mol. The number of anilines is 1. The molecular weight excluding hydrogens is 362 g/mol. The first-order valence-electron chi connectivity index (χ1n) is 9.46. The summed E-state index contributed by atoms with van der Waals surface area (Å²) >= 11 is 0. The van der Waals surface area contributed by atoms with Crippen LogP contribution in [0.3, 0.4) is 0 Å². The van der Waals surface area contributed by atoms with Crippen LogP contribution in [0.1, 0.15) is 37.7 Å². The summed E-state index contributed by atoms with van der Waals surface area (Å²) in [6, 6.07) is 14.5. The number of rotatable bonds is 5. The predicted molar refractivity (Wildman–Crippen MR) is 109 cm³/mol. The van der Waals surface area contributed by atoms with E-state index in [9.17, 15) is 9.59 Å². The van der Waals surface area contributed by atoms with Crippen LogP contribution in [0.4, 0.5) is 5.69 Å². The van der Waals surface area contributed by atoms with Crippen molar-refractivity contribution in [2.24, 2.45) is 5.92 Å². The summed E-state index contributed by atoms with van der Waals surface area (Å²) in [5.41, 5.74) is 1.27. The van der Waals surface area contributed by atoms with Crippen LogP contribution in [-0.4, -0.2) is 22.6 Å². The van der Waals surface area contributed by atoms with E-state index in [1.165, 1.54) is 12.8 Å². The molecular formula is C21H26ClN3O2. The van der Waals surface area contributed by atoms with Crippen molar-refractivity contribution in [2.75, 3.05) is 5.32 Å². The summed E-state index contributed by atoms with van der Waals surface area (Å²) in [5, 5.41) is 6.44. The molecule has 2 aliphatic rings. The number of carbonyl (C=O) groups excluding carboxylic acids is 1. The van der Waals surface area contributed by atoms with Gasteiger partial charge in [0.1, 0.15) is 5.69 Å². The summed E-state index contributed by atoms with van der Waals surface area (Å²) in [7, 11) is 0. The van der Waals surface area contributed by atoms with E-state index >= 15 is 0 Å². The Hall–Kier alpha value is -2.11. The molecule has 2 aromatic rings. The van der Waals surface area contributed by atoms with Gasteiger partial charge < -0.3 is 15.2 Å². The number of fused-ring (bicyclic) bond motifs is 2. The second-order valence-corrected chi connectivity index (χ2v) is 7.57. The van der Waals surface area contributed by atoms with Crippen LogP contribution >= 0.6 is 12.4 Å². The van der Waals surface area contributed by atoms with Gasteiger partial charge in [-0.25, -0.2) is 0 Å². The predicted octanol–water partition coefficient (Wildman–Crippen LogP) is 3.18. The van der Waals surface area contributed by atoms with Crippen molar-refractivity contribution >= 4 is 24.0 Å². The van der Waals surface area contributed by atoms with E-state index in [-0.39, 0.29) is 23.9 Å². The summed E-state index contributed by atoms with van der Waals surface area (Å²) in [6.45, 7) is 0.501. The van der Waals surface area contributed by atoms with E-state index in [0.717, 1.165) is 18.4 Å². The second-order valence-electron chi connectivity index (χ2n) is 7.57. The summed E-state index contributed by atoms with van der Waals surface area (Å²) in [6.07, 6.45) is 6.85. The number of amides is 1. The van der Waals surface area contributed by atoms with E-state index in [2.05, 4.69) is 10.6 Å². The van der Waals surface area contributed by atoms with Crippen molar-refractivity contribution in [3.63, 3.8) is 0 Å². The van der Waals surface area contributed by atoms with Gasteiger partial charge in [0, 0.05) is 24.7 Å². The Morgan fingerprint density at radius 1 is 1.07 bits per heavy atom. The second kappa shape index (κ2) is 8.72. The number of benzene rings is 1. The molecule has 2 aliphatic heterocycles. The molecule has 1 amide bonds. The molecule has 3 heterocycles. The van der Waals surface area contributed by atoms with Gasteiger partial charge in [-0.3, -0.25) is 9.59 Å². The van der Waals surface area contributed by atoms with E-state index in [0.29, 0.717) is 36.7 Å². The number of aromatic nitrogens is 1. The van der Waals surface area contributed by atoms with Crippen molar-refractivity contribution < 1.29 is 4.79 Å². The summed E-state index contributed by atoms with van der Waals surface area (Å²) < 4.78 is 1.63. The maximum Gasteiger partial charge on any atom is 0.274 e. The van der Waals surface area contributed by atoms with E-state index in [1.807, 2.05) is 36.4 Å². The van der Waals surface area contributed by atoms with Gasteiger partial charge >= 0.3 is 0 Å². The van der Waals surface area contributed by atoms with E-state index in [4.69, 9.17) is 0 Å². The Balaban J connectivity index is 0.00000210. The number of nitrogens with zero attached hydrogens (tertiary/aromatic N) is 1. The van der Waals surface area contributed by atoms with Crippen molar-refractivity contribution in [1.29, 1.82) is 0 Å². The van der Waals surface area contributed by atoms with Crippen LogP contribution in [0.15, 0.2) is 53.5 Å². The largest absolute Gasteiger partial charge is 0.321 e. The van der Waals surface area contributed by atoms with Crippen LogP contribution in [0.5, 0.6) is 0 Å². The van der Waals surface area contributed by atoms with Crippen LogP contribution in [0, 0.1) is 5.92 Å². The molecule has 0 saturated carbocycles. The Bertz CT molecular complexity index is 825. The minimum absolute atomic E-state index is 0. The normalized spacial score (nSPS) is 23.5. The van der Waals surface area contributed by atoms with Crippen molar-refractivity contribution in [2.45, 2.75) is 50.7 Å². The molecule has 1 aromatic heterocycles. The average molecular weight is 388 g/mol. The van der Waals surface area contributed by atoms with Gasteiger partial charge in [-0.1, -0.05) is 30.3 Å². The van der Waals surface area contributed by atoms with Crippen LogP contribution in [-0.2, 0) is 11.3 Å². The third-order valence-corrected chi connectivity index (χ3v) is 5.53. The Kier molecular flexibility index (Phi) is 6.34. The highest BCUT2D eigenvalue weighted by molar-refractivity contribution is 5.90. The van der Waals surface area contributed by atoms with Gasteiger partial charge in [-0.05, 0) is 49.3 Å². The Morgan fingerprint density at radius 3 is 2.48 bits per heavy atom. The zero-order valence-corrected chi connectivity index (χ0v) is 16.1. The Labute approximate surface area is 165 Å². The minimum atomic E-state index is -0.157. The molecule has 0 radical (unpaired) electrons. The van der Waals surface area contributed by atoms with Gasteiger partial charge in [0.05, 0.1) is 6.54 Å². The molecule has 0 aliphatic carbocycles. The van der Waals surface area contributed by atoms with Crippen molar-refractivity contribution in [3.05, 3.63) is 64.6 Å². The molecule has 2 fully saturated rings. The quantitative estimate of drug-likeness (QED) is 0.828. The first kappa shape index (κ1) is 19.6. The van der Waals surface area contributed by atoms with E-state index in [1.54, 1.807) is 16.8 Å². The maximum atomic E-state index is 12.7. The zero-order chi connectivity index (χ0) is 17.9. The lowest BCUT2D eigenvalue weighted by molar-refractivity contribution is -0.117. The van der Waals surface area contributed by atoms with Gasteiger partial charge in [0.2, 0.25) is 5.91 Å². The molecule has 2 N–H and O–H groups in total. The van der Waals surface area contributed by atoms with Crippen LogP contribution in [0.2, 0.25) is 0 Å². The number of halogens is 1. The van der Waals surface area contributed by atoms with Crippen LogP contribution in [0.25, 0.3) is 0 Å². The highest BCUT2D eigenvalue weighted by Crippen LogP contribution is 2.32. The number of pyridine rings is 1. The lowest BCUT2D eigenvalue weighted by Gasteiger charge is -2.28. The van der Waals surface area contributed by atoms with Crippen molar-refractivity contribution in [1.82, 2.24) is 9.88 Å². The van der Waals surface area contributed by atoms with Crippen LogP contribution < -0.4 is 16.2 Å². The maximum absolute atomic E-state index is 12.7. The standard InChI is InChI=1S/C21H25N3O2.ClH/c25-20(13-16-11-17-8-9-18(12-16)22-17)23-19-7-4-10-24(21(19)26)14-15-5-2-1-3-6-15;/h1-7,10,16-18,22H,8-9,11-14H2,(H,23,25);1H. The molecule has 1 aromatic carbocycles. The minimum Gasteiger partial charge on any atom is -0.321 e. The lowest BCUT2D eigenvalue weighted by atomic mass is 9.89. The first-order chi connectivity index (χ1) is 12.7. The molecule has 2 saturated heterocycles. The molecule has 5 nitrogen and oxygen atoms in total. The van der Waals surface area contributed by atoms with Crippen molar-refractivity contribution in [3.8, 4) is 0 Å².